The van der Waals surface area contributed by atoms with E-state index < -0.39 is 12.2 Å². The number of hydrogen-bond donors (Lipinski definition) is 2. The van der Waals surface area contributed by atoms with Gasteiger partial charge in [-0.1, -0.05) is 64.1 Å². The molecule has 8 heteroatoms. The van der Waals surface area contributed by atoms with Crippen LogP contribution in [0.1, 0.15) is 39.5 Å². The number of rotatable bonds is 8. The summed E-state index contributed by atoms with van der Waals surface area (Å²) in [5.74, 6) is 2.31. The van der Waals surface area contributed by atoms with E-state index in [4.69, 9.17) is 8.83 Å². The van der Waals surface area contributed by atoms with E-state index in [9.17, 15) is 10.2 Å². The normalized spacial score (nSPS) is 12.9. The summed E-state index contributed by atoms with van der Waals surface area (Å²) in [6.45, 7) is 7.83. The fourth-order valence-corrected chi connectivity index (χ4v) is 2.90. The van der Waals surface area contributed by atoms with E-state index in [0.717, 1.165) is 11.1 Å². The summed E-state index contributed by atoms with van der Waals surface area (Å²) in [5, 5.41) is 35.3. The predicted molar refractivity (Wildman–Crippen MR) is 129 cm³/mol. The molecule has 2 atom stereocenters. The molecule has 2 N–H and O–H groups in total. The zero-order valence-electron chi connectivity index (χ0n) is 20.0. The first-order chi connectivity index (χ1) is 16.3. The summed E-state index contributed by atoms with van der Waals surface area (Å²) in [7, 11) is 0. The minimum atomic E-state index is -0.445. The van der Waals surface area contributed by atoms with E-state index in [1.807, 2.05) is 88.4 Å². The second-order valence-corrected chi connectivity index (χ2v) is 8.76. The zero-order valence-corrected chi connectivity index (χ0v) is 20.0. The molecule has 180 valence electrons. The van der Waals surface area contributed by atoms with Crippen molar-refractivity contribution in [3.05, 3.63) is 72.4 Å². The highest BCUT2D eigenvalue weighted by molar-refractivity contribution is 5.52. The largest absolute Gasteiger partial charge is 0.421 e. The summed E-state index contributed by atoms with van der Waals surface area (Å²) in [5.41, 5.74) is 1.79. The summed E-state index contributed by atoms with van der Waals surface area (Å²) in [4.78, 5) is 0. The van der Waals surface area contributed by atoms with Gasteiger partial charge in [-0.3, -0.25) is 0 Å². The molecule has 0 fully saturated rings. The second kappa shape index (κ2) is 12.2. The molecule has 34 heavy (non-hydrogen) atoms. The van der Waals surface area contributed by atoms with Crippen LogP contribution in [0.2, 0.25) is 0 Å². The van der Waals surface area contributed by atoms with Gasteiger partial charge in [0.15, 0.2) is 0 Å². The molecule has 0 bridgehead atoms. The van der Waals surface area contributed by atoms with Crippen molar-refractivity contribution in [1.82, 2.24) is 20.4 Å². The van der Waals surface area contributed by atoms with Crippen molar-refractivity contribution in [1.29, 1.82) is 0 Å². The van der Waals surface area contributed by atoms with Crippen LogP contribution in [0, 0.1) is 11.8 Å². The maximum atomic E-state index is 9.73. The number of benzene rings is 2. The van der Waals surface area contributed by atoms with Crippen LogP contribution in [0.15, 0.2) is 69.5 Å². The van der Waals surface area contributed by atoms with Gasteiger partial charge in [-0.05, 0) is 36.1 Å². The molecule has 0 spiro atoms. The number of nitrogens with zero attached hydrogens (tertiary/aromatic N) is 4. The molecule has 0 unspecified atom stereocenters. The molecule has 0 radical (unpaired) electrons. The van der Waals surface area contributed by atoms with Crippen molar-refractivity contribution in [2.75, 3.05) is 0 Å². The van der Waals surface area contributed by atoms with Crippen molar-refractivity contribution >= 4 is 0 Å². The highest BCUT2D eigenvalue weighted by atomic mass is 16.4. The van der Waals surface area contributed by atoms with Crippen molar-refractivity contribution in [2.45, 2.75) is 52.7 Å². The van der Waals surface area contributed by atoms with E-state index >= 15 is 0 Å². The van der Waals surface area contributed by atoms with E-state index in [1.165, 1.54) is 0 Å². The molecule has 8 nitrogen and oxygen atoms in total. The van der Waals surface area contributed by atoms with Gasteiger partial charge >= 0.3 is 0 Å². The van der Waals surface area contributed by atoms with Crippen molar-refractivity contribution < 1.29 is 19.0 Å². The van der Waals surface area contributed by atoms with Crippen LogP contribution in [0.3, 0.4) is 0 Å². The Hall–Kier alpha value is -3.36. The van der Waals surface area contributed by atoms with Crippen molar-refractivity contribution in [3.8, 4) is 22.9 Å². The SMILES string of the molecule is CC(C)[C@@H](O)Cc1nnc(-c2ccccc2)o1.CC(C)[C@H](O)Cc1nnc(-c2ccccc2)o1. The average Bonchev–Trinajstić information content (AvgIpc) is 3.50. The fourth-order valence-electron chi connectivity index (χ4n) is 2.90. The van der Waals surface area contributed by atoms with Gasteiger partial charge in [-0.15, -0.1) is 20.4 Å². The van der Waals surface area contributed by atoms with Gasteiger partial charge in [0.2, 0.25) is 23.6 Å². The van der Waals surface area contributed by atoms with Crippen LogP contribution in [0.5, 0.6) is 0 Å². The quantitative estimate of drug-likeness (QED) is 0.389. The number of aliphatic hydroxyl groups excluding tert-OH is 2. The summed E-state index contributed by atoms with van der Waals surface area (Å²) in [6, 6.07) is 19.2. The number of hydrogen-bond acceptors (Lipinski definition) is 8. The second-order valence-electron chi connectivity index (χ2n) is 8.76. The third-order valence-corrected chi connectivity index (χ3v) is 5.28. The molecule has 0 saturated carbocycles. The lowest BCUT2D eigenvalue weighted by atomic mass is 10.0. The minimum absolute atomic E-state index is 0.182. The van der Waals surface area contributed by atoms with Gasteiger partial charge in [-0.25, -0.2) is 0 Å². The Morgan fingerprint density at radius 2 is 0.941 bits per heavy atom. The third kappa shape index (κ3) is 7.33. The Labute approximate surface area is 199 Å². The molecule has 0 amide bonds. The molecule has 0 aliphatic carbocycles. The lowest BCUT2D eigenvalue weighted by Gasteiger charge is -2.10. The van der Waals surface area contributed by atoms with Crippen LogP contribution >= 0.6 is 0 Å². The molecule has 2 heterocycles. The van der Waals surface area contributed by atoms with Crippen LogP contribution in [0.4, 0.5) is 0 Å². The Balaban J connectivity index is 0.000000191. The van der Waals surface area contributed by atoms with Gasteiger partial charge < -0.3 is 19.0 Å². The Bertz CT molecular complexity index is 1020. The maximum absolute atomic E-state index is 9.73. The molecule has 4 rings (SSSR count). The van der Waals surface area contributed by atoms with Crippen molar-refractivity contribution in [3.63, 3.8) is 0 Å². The van der Waals surface area contributed by atoms with Gasteiger partial charge in [-0.2, -0.15) is 0 Å². The number of aliphatic hydroxyl groups is 2. The van der Waals surface area contributed by atoms with Gasteiger partial charge in [0.25, 0.3) is 0 Å². The minimum Gasteiger partial charge on any atom is -0.421 e. The first-order valence-corrected chi connectivity index (χ1v) is 11.4. The average molecular weight is 465 g/mol. The monoisotopic (exact) mass is 464 g/mol. The number of aromatic nitrogens is 4. The molecule has 0 aliphatic rings. The van der Waals surface area contributed by atoms with Gasteiger partial charge in [0.1, 0.15) is 0 Å². The van der Waals surface area contributed by atoms with Crippen LogP contribution < -0.4 is 0 Å². The van der Waals surface area contributed by atoms with Gasteiger partial charge in [0, 0.05) is 11.1 Å². The lowest BCUT2D eigenvalue weighted by Crippen LogP contribution is -2.17. The Morgan fingerprint density at radius 3 is 1.26 bits per heavy atom. The summed E-state index contributed by atoms with van der Waals surface area (Å²) in [6.07, 6.45) is -0.0900. The summed E-state index contributed by atoms with van der Waals surface area (Å²) < 4.78 is 11.0. The highest BCUT2D eigenvalue weighted by Gasteiger charge is 2.16. The smallest absolute Gasteiger partial charge is 0.247 e. The van der Waals surface area contributed by atoms with Gasteiger partial charge in [0.05, 0.1) is 25.0 Å². The fraction of sp³-hybridized carbons (Fsp3) is 0.385. The Morgan fingerprint density at radius 1 is 0.588 bits per heavy atom. The standard InChI is InChI=1S/2C13H16N2O2/c2*1-9(2)11(16)8-12-14-15-13(17-12)10-6-4-3-5-7-10/h2*3-7,9,11,16H,8H2,1-2H3/t2*11-/m10/s1. The molecule has 2 aromatic heterocycles. The van der Waals surface area contributed by atoms with Crippen LogP contribution in [-0.4, -0.2) is 42.8 Å². The van der Waals surface area contributed by atoms with E-state index in [2.05, 4.69) is 20.4 Å². The van der Waals surface area contributed by atoms with Crippen LogP contribution in [0.25, 0.3) is 22.9 Å². The van der Waals surface area contributed by atoms with E-state index in [1.54, 1.807) is 0 Å². The molecule has 0 aliphatic heterocycles. The van der Waals surface area contributed by atoms with E-state index in [-0.39, 0.29) is 11.8 Å². The summed E-state index contributed by atoms with van der Waals surface area (Å²) >= 11 is 0. The lowest BCUT2D eigenvalue weighted by molar-refractivity contribution is 0.118. The molecule has 4 aromatic rings. The predicted octanol–water partition coefficient (Wildman–Crippen LogP) is 4.59. The topological polar surface area (TPSA) is 118 Å². The molecule has 0 saturated heterocycles. The van der Waals surface area contributed by atoms with Crippen molar-refractivity contribution in [2.24, 2.45) is 11.8 Å². The third-order valence-electron chi connectivity index (χ3n) is 5.28. The molecule has 2 aromatic carbocycles. The first-order valence-electron chi connectivity index (χ1n) is 11.4. The maximum Gasteiger partial charge on any atom is 0.247 e. The zero-order chi connectivity index (χ0) is 24.5. The van der Waals surface area contributed by atoms with Crippen LogP contribution in [-0.2, 0) is 12.8 Å². The Kier molecular flexibility index (Phi) is 9.07. The molecular weight excluding hydrogens is 432 g/mol. The highest BCUT2D eigenvalue weighted by Crippen LogP contribution is 2.19. The molecular formula is C26H32N4O4. The first kappa shape index (κ1) is 25.3. The van der Waals surface area contributed by atoms with E-state index in [0.29, 0.717) is 36.4 Å².